The first kappa shape index (κ1) is 12.5. The van der Waals surface area contributed by atoms with Crippen LogP contribution in [0.4, 0.5) is 13.2 Å². The van der Waals surface area contributed by atoms with Gasteiger partial charge in [-0.2, -0.15) is 13.2 Å². The van der Waals surface area contributed by atoms with Crippen LogP contribution in [-0.4, -0.2) is 10.3 Å². The van der Waals surface area contributed by atoms with Crippen LogP contribution in [0.1, 0.15) is 25.1 Å². The molecule has 1 aromatic rings. The minimum absolute atomic E-state index is 0.217. The van der Waals surface area contributed by atoms with E-state index in [9.17, 15) is 13.2 Å². The molecule has 5 heteroatoms. The molecule has 0 saturated carbocycles. The van der Waals surface area contributed by atoms with Crippen molar-refractivity contribution in [1.29, 1.82) is 0 Å². The molecule has 0 fully saturated rings. The zero-order valence-corrected chi connectivity index (χ0v) is 9.98. The Morgan fingerprint density at radius 2 is 1.93 bits per heavy atom. The lowest BCUT2D eigenvalue weighted by Gasteiger charge is -2.25. The molecular formula is C10H11BrF3N. The Morgan fingerprint density at radius 1 is 1.33 bits per heavy atom. The third kappa shape index (κ3) is 2.71. The molecule has 15 heavy (non-hydrogen) atoms. The number of aromatic nitrogens is 1. The Balaban J connectivity index is 3.31. The Labute approximate surface area is 94.8 Å². The number of alkyl halides is 4. The van der Waals surface area contributed by atoms with Gasteiger partial charge in [-0.1, -0.05) is 35.8 Å². The van der Waals surface area contributed by atoms with Crippen molar-refractivity contribution >= 4 is 15.9 Å². The summed E-state index contributed by atoms with van der Waals surface area (Å²) in [5.74, 6) is 0. The van der Waals surface area contributed by atoms with Crippen LogP contribution in [0.15, 0.2) is 18.3 Å². The number of nitrogens with zero attached hydrogens (tertiary/aromatic N) is 1. The van der Waals surface area contributed by atoms with Crippen molar-refractivity contribution in [3.63, 3.8) is 0 Å². The minimum atomic E-state index is -4.39. The molecule has 0 aliphatic carbocycles. The van der Waals surface area contributed by atoms with Crippen molar-refractivity contribution in [1.82, 2.24) is 4.98 Å². The fourth-order valence-electron chi connectivity index (χ4n) is 1.25. The monoisotopic (exact) mass is 281 g/mol. The van der Waals surface area contributed by atoms with Crippen LogP contribution in [0, 0.1) is 0 Å². The largest absolute Gasteiger partial charge is 0.433 e. The first-order chi connectivity index (χ1) is 6.79. The second-order valence-corrected chi connectivity index (χ2v) is 4.48. The number of hydrogen-bond donors (Lipinski definition) is 0. The fourth-order valence-corrected chi connectivity index (χ4v) is 1.55. The Morgan fingerprint density at radius 3 is 2.40 bits per heavy atom. The third-order valence-electron chi connectivity index (χ3n) is 2.14. The molecule has 0 amide bonds. The molecule has 0 aromatic carbocycles. The lowest BCUT2D eigenvalue weighted by Crippen LogP contribution is -2.25. The van der Waals surface area contributed by atoms with Gasteiger partial charge in [0.05, 0.1) is 0 Å². The molecular weight excluding hydrogens is 271 g/mol. The Bertz CT molecular complexity index is 347. The van der Waals surface area contributed by atoms with Gasteiger partial charge in [-0.15, -0.1) is 0 Å². The maximum absolute atomic E-state index is 12.6. The summed E-state index contributed by atoms with van der Waals surface area (Å²) < 4.78 is 37.9. The van der Waals surface area contributed by atoms with E-state index in [0.717, 1.165) is 6.20 Å². The highest BCUT2D eigenvalue weighted by molar-refractivity contribution is 9.09. The van der Waals surface area contributed by atoms with Crippen LogP contribution in [0.2, 0.25) is 0 Å². The maximum Gasteiger partial charge on any atom is 0.433 e. The van der Waals surface area contributed by atoms with E-state index in [1.807, 2.05) is 0 Å². The highest BCUT2D eigenvalue weighted by Gasteiger charge is 2.38. The fraction of sp³-hybridized carbons (Fsp3) is 0.500. The van der Waals surface area contributed by atoms with E-state index in [0.29, 0.717) is 5.33 Å². The summed E-state index contributed by atoms with van der Waals surface area (Å²) in [6.07, 6.45) is -3.23. The maximum atomic E-state index is 12.6. The number of halogens is 4. The lowest BCUT2D eigenvalue weighted by atomic mass is 9.85. The van der Waals surface area contributed by atoms with Gasteiger partial charge in [0.1, 0.15) is 5.69 Å². The van der Waals surface area contributed by atoms with Gasteiger partial charge in [-0.25, -0.2) is 0 Å². The molecule has 0 aliphatic heterocycles. The van der Waals surface area contributed by atoms with Crippen LogP contribution in [0.3, 0.4) is 0 Å². The van der Waals surface area contributed by atoms with Gasteiger partial charge in [0.25, 0.3) is 0 Å². The molecule has 0 bridgehead atoms. The molecule has 0 unspecified atom stereocenters. The van der Waals surface area contributed by atoms with Crippen LogP contribution in [0.5, 0.6) is 0 Å². The lowest BCUT2D eigenvalue weighted by molar-refractivity contribution is -0.142. The molecule has 0 atom stereocenters. The molecule has 1 aromatic heterocycles. The van der Waals surface area contributed by atoms with E-state index < -0.39 is 17.3 Å². The Kier molecular flexibility index (Phi) is 3.43. The van der Waals surface area contributed by atoms with Crippen LogP contribution < -0.4 is 0 Å². The van der Waals surface area contributed by atoms with E-state index in [4.69, 9.17) is 0 Å². The summed E-state index contributed by atoms with van der Waals surface area (Å²) in [5, 5.41) is 0.453. The quantitative estimate of drug-likeness (QED) is 0.752. The zero-order chi connectivity index (χ0) is 11.7. The van der Waals surface area contributed by atoms with Gasteiger partial charge < -0.3 is 0 Å². The van der Waals surface area contributed by atoms with Crippen LogP contribution in [-0.2, 0) is 11.6 Å². The number of hydrogen-bond acceptors (Lipinski definition) is 1. The van der Waals surface area contributed by atoms with E-state index in [1.165, 1.54) is 12.1 Å². The summed E-state index contributed by atoms with van der Waals surface area (Å²) in [6.45, 7) is 3.49. The van der Waals surface area contributed by atoms with E-state index >= 15 is 0 Å². The first-order valence-corrected chi connectivity index (χ1v) is 5.50. The average molecular weight is 282 g/mol. The average Bonchev–Trinajstić information content (AvgIpc) is 2.16. The van der Waals surface area contributed by atoms with Crippen molar-refractivity contribution in [2.75, 3.05) is 5.33 Å². The van der Waals surface area contributed by atoms with Crippen molar-refractivity contribution < 1.29 is 13.2 Å². The summed E-state index contributed by atoms with van der Waals surface area (Å²) in [6, 6.07) is 2.99. The van der Waals surface area contributed by atoms with Gasteiger partial charge in [-0.05, 0) is 11.6 Å². The van der Waals surface area contributed by atoms with Crippen molar-refractivity contribution in [3.05, 3.63) is 29.6 Å². The van der Waals surface area contributed by atoms with E-state index in [-0.39, 0.29) is 5.56 Å². The normalized spacial score (nSPS) is 12.9. The molecule has 84 valence electrons. The van der Waals surface area contributed by atoms with Gasteiger partial charge >= 0.3 is 6.18 Å². The molecule has 0 N–H and O–H groups in total. The Hall–Kier alpha value is -0.580. The van der Waals surface area contributed by atoms with Crippen LogP contribution >= 0.6 is 15.9 Å². The highest BCUT2D eigenvalue weighted by Crippen LogP contribution is 2.36. The number of pyridine rings is 1. The zero-order valence-electron chi connectivity index (χ0n) is 8.40. The molecule has 0 spiro atoms. The molecule has 1 nitrogen and oxygen atoms in total. The molecule has 0 saturated heterocycles. The topological polar surface area (TPSA) is 12.9 Å². The summed E-state index contributed by atoms with van der Waals surface area (Å²) in [7, 11) is 0. The van der Waals surface area contributed by atoms with Gasteiger partial charge in [0.2, 0.25) is 0 Å². The SMILES string of the molecule is CC(C)(CBr)c1cccnc1C(F)(F)F. The summed E-state index contributed by atoms with van der Waals surface area (Å²) in [5.41, 5.74) is -1.16. The van der Waals surface area contributed by atoms with Gasteiger partial charge in [0, 0.05) is 16.9 Å². The van der Waals surface area contributed by atoms with Gasteiger partial charge in [-0.3, -0.25) is 4.98 Å². The number of rotatable bonds is 2. The second-order valence-electron chi connectivity index (χ2n) is 3.91. The predicted molar refractivity (Wildman–Crippen MR) is 56.1 cm³/mol. The minimum Gasteiger partial charge on any atom is -0.251 e. The van der Waals surface area contributed by atoms with Crippen LogP contribution in [0.25, 0.3) is 0 Å². The molecule has 0 aliphatic rings. The van der Waals surface area contributed by atoms with E-state index in [1.54, 1.807) is 13.8 Å². The van der Waals surface area contributed by atoms with Crippen molar-refractivity contribution in [2.24, 2.45) is 0 Å². The molecule has 1 rings (SSSR count). The van der Waals surface area contributed by atoms with Crippen molar-refractivity contribution in [2.45, 2.75) is 25.4 Å². The summed E-state index contributed by atoms with van der Waals surface area (Å²) in [4.78, 5) is 3.42. The van der Waals surface area contributed by atoms with E-state index in [2.05, 4.69) is 20.9 Å². The summed E-state index contributed by atoms with van der Waals surface area (Å²) >= 11 is 3.21. The third-order valence-corrected chi connectivity index (χ3v) is 3.54. The smallest absolute Gasteiger partial charge is 0.251 e. The van der Waals surface area contributed by atoms with Crippen molar-refractivity contribution in [3.8, 4) is 0 Å². The first-order valence-electron chi connectivity index (χ1n) is 4.37. The predicted octanol–water partition coefficient (Wildman–Crippen LogP) is 3.77. The standard InChI is InChI=1S/C10H11BrF3N/c1-9(2,6-11)7-4-3-5-15-8(7)10(12,13)14/h3-5H,6H2,1-2H3. The molecule has 1 heterocycles. The molecule has 0 radical (unpaired) electrons. The second kappa shape index (κ2) is 4.12. The van der Waals surface area contributed by atoms with Gasteiger partial charge in [0.15, 0.2) is 0 Å². The highest BCUT2D eigenvalue weighted by atomic mass is 79.9.